The molecule has 0 radical (unpaired) electrons. The Bertz CT molecular complexity index is 648. The van der Waals surface area contributed by atoms with E-state index in [9.17, 15) is 10.1 Å². The molecular formula is C14H15N3O2. The monoisotopic (exact) mass is 257 g/mol. The van der Waals surface area contributed by atoms with Gasteiger partial charge in [0.05, 0.1) is 4.92 Å². The molecule has 1 aliphatic heterocycles. The number of non-ortho nitro benzene ring substituents is 1. The van der Waals surface area contributed by atoms with E-state index in [-0.39, 0.29) is 10.6 Å². The number of pyridine rings is 1. The number of nitro benzene ring substituents is 1. The predicted molar refractivity (Wildman–Crippen MR) is 74.6 cm³/mol. The van der Waals surface area contributed by atoms with Crippen LogP contribution in [0.25, 0.3) is 10.9 Å². The lowest BCUT2D eigenvalue weighted by molar-refractivity contribution is -0.383. The maximum absolute atomic E-state index is 11.1. The molecule has 1 fully saturated rings. The van der Waals surface area contributed by atoms with Crippen molar-refractivity contribution in [3.05, 3.63) is 40.1 Å². The first-order valence-electron chi connectivity index (χ1n) is 6.46. The molecular weight excluding hydrogens is 242 g/mol. The Hall–Kier alpha value is -2.17. The highest BCUT2D eigenvalue weighted by Crippen LogP contribution is 2.33. The molecule has 1 aromatic heterocycles. The lowest BCUT2D eigenvalue weighted by Gasteiger charge is -2.19. The Morgan fingerprint density at radius 3 is 2.63 bits per heavy atom. The quantitative estimate of drug-likeness (QED) is 0.613. The van der Waals surface area contributed by atoms with Gasteiger partial charge < -0.3 is 4.90 Å². The number of aryl methyl sites for hydroxylation is 1. The van der Waals surface area contributed by atoms with Crippen LogP contribution in [0.2, 0.25) is 0 Å². The number of benzene rings is 1. The van der Waals surface area contributed by atoms with Gasteiger partial charge in [-0.3, -0.25) is 10.1 Å². The highest BCUT2D eigenvalue weighted by Gasteiger charge is 2.20. The number of anilines is 1. The zero-order valence-corrected chi connectivity index (χ0v) is 10.8. The van der Waals surface area contributed by atoms with Gasteiger partial charge in [0.25, 0.3) is 5.69 Å². The van der Waals surface area contributed by atoms with E-state index in [1.54, 1.807) is 6.07 Å². The van der Waals surface area contributed by atoms with Crippen LogP contribution in [-0.2, 0) is 0 Å². The van der Waals surface area contributed by atoms with Crippen LogP contribution >= 0.6 is 0 Å². The second-order valence-electron chi connectivity index (χ2n) is 4.90. The van der Waals surface area contributed by atoms with Gasteiger partial charge in [0.15, 0.2) is 5.52 Å². The maximum atomic E-state index is 11.1. The van der Waals surface area contributed by atoms with Crippen molar-refractivity contribution in [3.63, 3.8) is 0 Å². The van der Waals surface area contributed by atoms with Crippen LogP contribution < -0.4 is 4.90 Å². The molecule has 98 valence electrons. The first kappa shape index (κ1) is 11.9. The summed E-state index contributed by atoms with van der Waals surface area (Å²) in [6, 6.07) is 7.27. The Kier molecular flexibility index (Phi) is 2.81. The summed E-state index contributed by atoms with van der Waals surface area (Å²) in [5, 5.41) is 12.0. The minimum Gasteiger partial charge on any atom is -0.371 e. The Morgan fingerprint density at radius 1 is 1.21 bits per heavy atom. The Labute approximate surface area is 111 Å². The Morgan fingerprint density at radius 2 is 1.95 bits per heavy atom. The maximum Gasteiger partial charge on any atom is 0.295 e. The zero-order chi connectivity index (χ0) is 13.4. The molecule has 2 aromatic rings. The van der Waals surface area contributed by atoms with E-state index in [0.29, 0.717) is 5.52 Å². The molecule has 0 unspecified atom stereocenters. The lowest BCUT2D eigenvalue weighted by Crippen LogP contribution is -2.18. The summed E-state index contributed by atoms with van der Waals surface area (Å²) in [5.41, 5.74) is 2.44. The van der Waals surface area contributed by atoms with Crippen molar-refractivity contribution in [2.75, 3.05) is 18.0 Å². The van der Waals surface area contributed by atoms with Crippen molar-refractivity contribution in [1.82, 2.24) is 4.98 Å². The number of nitrogens with zero attached hydrogens (tertiary/aromatic N) is 3. The molecule has 1 aromatic carbocycles. The van der Waals surface area contributed by atoms with Gasteiger partial charge in [-0.2, -0.15) is 0 Å². The summed E-state index contributed by atoms with van der Waals surface area (Å²) in [6.45, 7) is 3.88. The Balaban J connectivity index is 2.25. The summed E-state index contributed by atoms with van der Waals surface area (Å²) < 4.78 is 0. The van der Waals surface area contributed by atoms with E-state index >= 15 is 0 Å². The summed E-state index contributed by atoms with van der Waals surface area (Å²) in [6.07, 6.45) is 2.36. The number of hydrogen-bond acceptors (Lipinski definition) is 4. The molecule has 0 amide bonds. The van der Waals surface area contributed by atoms with Crippen LogP contribution in [0.3, 0.4) is 0 Å². The van der Waals surface area contributed by atoms with Crippen molar-refractivity contribution in [3.8, 4) is 0 Å². The van der Waals surface area contributed by atoms with Gasteiger partial charge >= 0.3 is 0 Å². The van der Waals surface area contributed by atoms with Gasteiger partial charge in [0.2, 0.25) is 0 Å². The number of nitro groups is 1. The third-order valence-electron chi connectivity index (χ3n) is 3.60. The topological polar surface area (TPSA) is 59.3 Å². The highest BCUT2D eigenvalue weighted by molar-refractivity contribution is 5.97. The molecule has 2 heterocycles. The highest BCUT2D eigenvalue weighted by atomic mass is 16.6. The SMILES string of the molecule is Cc1ccc2c(N3CCCC3)ccc([N+](=O)[O-])c2n1. The summed E-state index contributed by atoms with van der Waals surface area (Å²) >= 11 is 0. The number of aromatic nitrogens is 1. The van der Waals surface area contributed by atoms with Gasteiger partial charge in [0, 0.05) is 35.9 Å². The number of hydrogen-bond donors (Lipinski definition) is 0. The van der Waals surface area contributed by atoms with Gasteiger partial charge in [-0.1, -0.05) is 0 Å². The fourth-order valence-corrected chi connectivity index (χ4v) is 2.67. The van der Waals surface area contributed by atoms with Crippen LogP contribution in [0.4, 0.5) is 11.4 Å². The second kappa shape index (κ2) is 4.50. The average molecular weight is 257 g/mol. The number of fused-ring (bicyclic) bond motifs is 1. The molecule has 0 N–H and O–H groups in total. The van der Waals surface area contributed by atoms with Crippen molar-refractivity contribution in [2.24, 2.45) is 0 Å². The fourth-order valence-electron chi connectivity index (χ4n) is 2.67. The molecule has 5 nitrogen and oxygen atoms in total. The van der Waals surface area contributed by atoms with Crippen molar-refractivity contribution < 1.29 is 4.92 Å². The molecule has 0 spiro atoms. The van der Waals surface area contributed by atoms with Crippen LogP contribution in [0, 0.1) is 17.0 Å². The van der Waals surface area contributed by atoms with Crippen molar-refractivity contribution in [1.29, 1.82) is 0 Å². The molecule has 1 saturated heterocycles. The smallest absolute Gasteiger partial charge is 0.295 e. The predicted octanol–water partition coefficient (Wildman–Crippen LogP) is 3.05. The molecule has 5 heteroatoms. The van der Waals surface area contributed by atoms with Gasteiger partial charge in [-0.15, -0.1) is 0 Å². The van der Waals surface area contributed by atoms with E-state index in [1.807, 2.05) is 25.1 Å². The van der Waals surface area contributed by atoms with Crippen LogP contribution in [0.1, 0.15) is 18.5 Å². The normalized spacial score (nSPS) is 15.1. The van der Waals surface area contributed by atoms with Crippen LogP contribution in [-0.4, -0.2) is 23.0 Å². The van der Waals surface area contributed by atoms with Crippen molar-refractivity contribution in [2.45, 2.75) is 19.8 Å². The van der Waals surface area contributed by atoms with Gasteiger partial charge in [0.1, 0.15) is 0 Å². The second-order valence-corrected chi connectivity index (χ2v) is 4.90. The van der Waals surface area contributed by atoms with E-state index in [0.717, 1.165) is 29.9 Å². The molecule has 0 saturated carbocycles. The lowest BCUT2D eigenvalue weighted by atomic mass is 10.1. The third-order valence-corrected chi connectivity index (χ3v) is 3.60. The molecule has 1 aliphatic rings. The number of rotatable bonds is 2. The van der Waals surface area contributed by atoms with Crippen LogP contribution in [0.5, 0.6) is 0 Å². The van der Waals surface area contributed by atoms with E-state index in [4.69, 9.17) is 0 Å². The van der Waals surface area contributed by atoms with Crippen molar-refractivity contribution >= 4 is 22.3 Å². The molecule has 3 rings (SSSR count). The minimum atomic E-state index is -0.359. The molecule has 19 heavy (non-hydrogen) atoms. The third kappa shape index (κ3) is 2.01. The van der Waals surface area contributed by atoms with E-state index in [1.165, 1.54) is 12.8 Å². The minimum absolute atomic E-state index is 0.0849. The summed E-state index contributed by atoms with van der Waals surface area (Å²) in [5.74, 6) is 0. The fraction of sp³-hybridized carbons (Fsp3) is 0.357. The molecule has 0 atom stereocenters. The largest absolute Gasteiger partial charge is 0.371 e. The first-order valence-corrected chi connectivity index (χ1v) is 6.46. The van der Waals surface area contributed by atoms with Crippen LogP contribution in [0.15, 0.2) is 24.3 Å². The molecule has 0 aliphatic carbocycles. The summed E-state index contributed by atoms with van der Waals surface area (Å²) in [7, 11) is 0. The van der Waals surface area contributed by atoms with Gasteiger partial charge in [-0.25, -0.2) is 4.98 Å². The first-order chi connectivity index (χ1) is 9.16. The average Bonchev–Trinajstić information content (AvgIpc) is 2.90. The van der Waals surface area contributed by atoms with E-state index in [2.05, 4.69) is 9.88 Å². The standard InChI is InChI=1S/C14H15N3O2/c1-10-4-5-11-12(16-8-2-3-9-16)6-7-13(17(18)19)14(11)15-10/h4-7H,2-3,8-9H2,1H3. The van der Waals surface area contributed by atoms with Gasteiger partial charge in [-0.05, 0) is 38.0 Å². The molecule has 0 bridgehead atoms. The van der Waals surface area contributed by atoms with E-state index < -0.39 is 0 Å². The zero-order valence-electron chi connectivity index (χ0n) is 10.8. The summed E-state index contributed by atoms with van der Waals surface area (Å²) in [4.78, 5) is 17.4.